The standard InChI is InChI=1S/C20H19NO3/c1-24-19-11-8-15(9-12-19)16-7-10-18(13-20(22)23)21(14-16)17-5-3-2-4-6-17/h2-6,8-12,14H,7,13H2,1H3,(H,22,23). The number of benzene rings is 2. The van der Waals surface area contributed by atoms with Crippen LogP contribution < -0.4 is 9.64 Å². The Kier molecular flexibility index (Phi) is 4.66. The molecule has 2 aromatic rings. The average Bonchev–Trinajstić information content (AvgIpc) is 2.62. The molecule has 0 fully saturated rings. The van der Waals surface area contributed by atoms with Crippen LogP contribution in [0.25, 0.3) is 5.57 Å². The molecule has 0 unspecified atom stereocenters. The van der Waals surface area contributed by atoms with Crippen molar-refractivity contribution in [3.8, 4) is 5.75 Å². The zero-order valence-corrected chi connectivity index (χ0v) is 13.5. The van der Waals surface area contributed by atoms with Gasteiger partial charge in [0.1, 0.15) is 5.75 Å². The van der Waals surface area contributed by atoms with E-state index < -0.39 is 5.97 Å². The Morgan fingerprint density at radius 3 is 2.46 bits per heavy atom. The summed E-state index contributed by atoms with van der Waals surface area (Å²) in [6.45, 7) is 0. The number of aliphatic carboxylic acids is 1. The molecule has 0 saturated heterocycles. The van der Waals surface area contributed by atoms with E-state index >= 15 is 0 Å². The Hall–Kier alpha value is -3.01. The van der Waals surface area contributed by atoms with Crippen molar-refractivity contribution in [3.05, 3.63) is 78.1 Å². The number of carboxylic acids is 1. The quantitative estimate of drug-likeness (QED) is 0.892. The predicted octanol–water partition coefficient (Wildman–Crippen LogP) is 4.31. The van der Waals surface area contributed by atoms with Crippen molar-refractivity contribution >= 4 is 17.2 Å². The van der Waals surface area contributed by atoms with E-state index in [-0.39, 0.29) is 6.42 Å². The number of anilines is 1. The maximum atomic E-state index is 11.2. The van der Waals surface area contributed by atoms with Gasteiger partial charge in [0.05, 0.1) is 13.5 Å². The fourth-order valence-corrected chi connectivity index (χ4v) is 2.76. The summed E-state index contributed by atoms with van der Waals surface area (Å²) in [5.74, 6) is -0.0133. The lowest BCUT2D eigenvalue weighted by Crippen LogP contribution is -2.21. The molecule has 1 N–H and O–H groups in total. The molecule has 24 heavy (non-hydrogen) atoms. The second kappa shape index (κ2) is 7.04. The number of nitrogens with zero attached hydrogens (tertiary/aromatic N) is 1. The van der Waals surface area contributed by atoms with Crippen LogP contribution in [0.3, 0.4) is 0 Å². The smallest absolute Gasteiger partial charge is 0.309 e. The van der Waals surface area contributed by atoms with E-state index in [4.69, 9.17) is 9.84 Å². The molecule has 0 aromatic heterocycles. The normalized spacial score (nSPS) is 14.0. The van der Waals surface area contributed by atoms with E-state index in [9.17, 15) is 4.79 Å². The fraction of sp³-hybridized carbons (Fsp3) is 0.150. The number of hydrogen-bond acceptors (Lipinski definition) is 3. The zero-order valence-electron chi connectivity index (χ0n) is 13.5. The van der Waals surface area contributed by atoms with Gasteiger partial charge >= 0.3 is 5.97 Å². The van der Waals surface area contributed by atoms with E-state index in [1.165, 1.54) is 0 Å². The zero-order chi connectivity index (χ0) is 16.9. The van der Waals surface area contributed by atoms with Gasteiger partial charge in [-0.05, 0) is 41.8 Å². The molecular weight excluding hydrogens is 302 g/mol. The molecule has 3 rings (SSSR count). The van der Waals surface area contributed by atoms with Crippen LogP contribution in [-0.4, -0.2) is 18.2 Å². The molecule has 2 aromatic carbocycles. The Morgan fingerprint density at radius 1 is 1.12 bits per heavy atom. The number of carbonyl (C=O) groups is 1. The molecular formula is C20H19NO3. The summed E-state index contributed by atoms with van der Waals surface area (Å²) >= 11 is 0. The highest BCUT2D eigenvalue weighted by Gasteiger charge is 2.18. The van der Waals surface area contributed by atoms with Crippen LogP contribution in [0.2, 0.25) is 0 Å². The molecule has 0 radical (unpaired) electrons. The molecule has 4 heteroatoms. The first-order chi connectivity index (χ1) is 11.7. The van der Waals surface area contributed by atoms with Gasteiger partial charge in [-0.1, -0.05) is 36.4 Å². The highest BCUT2D eigenvalue weighted by Crippen LogP contribution is 2.32. The maximum Gasteiger partial charge on any atom is 0.309 e. The third-order valence-corrected chi connectivity index (χ3v) is 3.98. The second-order valence-electron chi connectivity index (χ2n) is 5.56. The van der Waals surface area contributed by atoms with Gasteiger partial charge in [0.2, 0.25) is 0 Å². The van der Waals surface area contributed by atoms with Crippen LogP contribution in [0.15, 0.2) is 72.6 Å². The maximum absolute atomic E-state index is 11.2. The van der Waals surface area contributed by atoms with Crippen LogP contribution in [0, 0.1) is 0 Å². The number of hydrogen-bond donors (Lipinski definition) is 1. The lowest BCUT2D eigenvalue weighted by Gasteiger charge is -2.28. The summed E-state index contributed by atoms with van der Waals surface area (Å²) in [4.78, 5) is 13.1. The first-order valence-electron chi connectivity index (χ1n) is 7.77. The molecule has 122 valence electrons. The summed E-state index contributed by atoms with van der Waals surface area (Å²) in [5, 5.41) is 9.17. The van der Waals surface area contributed by atoms with Gasteiger partial charge in [0.15, 0.2) is 0 Å². The van der Waals surface area contributed by atoms with Crippen molar-refractivity contribution in [1.29, 1.82) is 0 Å². The number of methoxy groups -OCH3 is 1. The van der Waals surface area contributed by atoms with Crippen LogP contribution in [0.4, 0.5) is 5.69 Å². The Morgan fingerprint density at radius 2 is 1.83 bits per heavy atom. The molecule has 4 nitrogen and oxygen atoms in total. The van der Waals surface area contributed by atoms with Crippen molar-refractivity contribution in [2.45, 2.75) is 12.8 Å². The van der Waals surface area contributed by atoms with Crippen molar-refractivity contribution in [2.24, 2.45) is 0 Å². The molecule has 0 saturated carbocycles. The van der Waals surface area contributed by atoms with Crippen molar-refractivity contribution in [2.75, 3.05) is 12.0 Å². The van der Waals surface area contributed by atoms with Crippen LogP contribution in [0.5, 0.6) is 5.75 Å². The third-order valence-electron chi connectivity index (χ3n) is 3.98. The summed E-state index contributed by atoms with van der Waals surface area (Å²) in [6.07, 6.45) is 4.72. The minimum atomic E-state index is -0.830. The summed E-state index contributed by atoms with van der Waals surface area (Å²) in [5.41, 5.74) is 3.97. The number of rotatable bonds is 5. The molecule has 0 amide bonds. The highest BCUT2D eigenvalue weighted by atomic mass is 16.5. The topological polar surface area (TPSA) is 49.8 Å². The number of para-hydroxylation sites is 1. The van der Waals surface area contributed by atoms with Gasteiger partial charge in [0, 0.05) is 17.6 Å². The van der Waals surface area contributed by atoms with E-state index in [2.05, 4.69) is 0 Å². The Labute approximate surface area is 141 Å². The molecule has 1 aliphatic heterocycles. The first-order valence-corrected chi connectivity index (χ1v) is 7.77. The highest BCUT2D eigenvalue weighted by molar-refractivity contribution is 5.78. The van der Waals surface area contributed by atoms with E-state index in [1.807, 2.05) is 71.8 Å². The SMILES string of the molecule is COc1ccc(C2=CN(c3ccccc3)C(CC(=O)O)=CC2)cc1. The van der Waals surface area contributed by atoms with Gasteiger partial charge in [0.25, 0.3) is 0 Å². The number of allylic oxidation sites excluding steroid dienone is 2. The summed E-state index contributed by atoms with van der Waals surface area (Å²) in [6, 6.07) is 17.7. The second-order valence-corrected chi connectivity index (χ2v) is 5.56. The van der Waals surface area contributed by atoms with Crippen molar-refractivity contribution in [3.63, 3.8) is 0 Å². The van der Waals surface area contributed by atoms with E-state index in [1.54, 1.807) is 7.11 Å². The van der Waals surface area contributed by atoms with Crippen LogP contribution >= 0.6 is 0 Å². The van der Waals surface area contributed by atoms with Gasteiger partial charge in [-0.3, -0.25) is 4.79 Å². The Balaban J connectivity index is 1.94. The van der Waals surface area contributed by atoms with Crippen LogP contribution in [-0.2, 0) is 4.79 Å². The van der Waals surface area contributed by atoms with Gasteiger partial charge < -0.3 is 14.7 Å². The molecule has 0 bridgehead atoms. The lowest BCUT2D eigenvalue weighted by molar-refractivity contribution is -0.136. The first kappa shape index (κ1) is 15.9. The summed E-state index contributed by atoms with van der Waals surface area (Å²) < 4.78 is 5.20. The molecule has 0 atom stereocenters. The molecule has 1 heterocycles. The lowest BCUT2D eigenvalue weighted by atomic mass is 9.99. The largest absolute Gasteiger partial charge is 0.497 e. The molecule has 1 aliphatic rings. The molecule has 0 aliphatic carbocycles. The van der Waals surface area contributed by atoms with Crippen LogP contribution in [0.1, 0.15) is 18.4 Å². The minimum Gasteiger partial charge on any atom is -0.497 e. The fourth-order valence-electron chi connectivity index (χ4n) is 2.76. The van der Waals surface area contributed by atoms with E-state index in [0.29, 0.717) is 6.42 Å². The van der Waals surface area contributed by atoms with Gasteiger partial charge in [-0.15, -0.1) is 0 Å². The average molecular weight is 321 g/mol. The van der Waals surface area contributed by atoms with Gasteiger partial charge in [-0.25, -0.2) is 0 Å². The summed E-state index contributed by atoms with van der Waals surface area (Å²) in [7, 11) is 1.65. The predicted molar refractivity (Wildman–Crippen MR) is 94.8 cm³/mol. The monoisotopic (exact) mass is 321 g/mol. The van der Waals surface area contributed by atoms with Gasteiger partial charge in [-0.2, -0.15) is 0 Å². The van der Waals surface area contributed by atoms with Crippen molar-refractivity contribution in [1.82, 2.24) is 0 Å². The number of carboxylic acid groups (broad SMARTS) is 1. The molecule has 0 spiro atoms. The number of ether oxygens (including phenoxy) is 1. The minimum absolute atomic E-state index is 0.00128. The van der Waals surface area contributed by atoms with E-state index in [0.717, 1.165) is 28.3 Å². The third kappa shape index (κ3) is 3.49. The Bertz CT molecular complexity index is 776. The van der Waals surface area contributed by atoms with Crippen molar-refractivity contribution < 1.29 is 14.6 Å².